The van der Waals surface area contributed by atoms with E-state index in [4.69, 9.17) is 0 Å². The predicted octanol–water partition coefficient (Wildman–Crippen LogP) is 3.75. The summed E-state index contributed by atoms with van der Waals surface area (Å²) in [6.07, 6.45) is 3.45. The van der Waals surface area contributed by atoms with Crippen LogP contribution >= 0.6 is 0 Å². The molecule has 7 heteroatoms. The monoisotopic (exact) mass is 472 g/mol. The minimum Gasteiger partial charge on any atom is -0.341 e. The normalized spacial score (nSPS) is 14.9. The minimum absolute atomic E-state index is 0.178. The van der Waals surface area contributed by atoms with Crippen molar-refractivity contribution in [1.82, 2.24) is 20.1 Å². The highest BCUT2D eigenvalue weighted by Crippen LogP contribution is 2.22. The zero-order valence-corrected chi connectivity index (χ0v) is 19.8. The van der Waals surface area contributed by atoms with Crippen LogP contribution in [0, 0.1) is 12.7 Å². The molecule has 180 valence electrons. The quantitative estimate of drug-likeness (QED) is 0.532. The summed E-state index contributed by atoms with van der Waals surface area (Å²) in [6, 6.07) is 17.8. The zero-order valence-electron chi connectivity index (χ0n) is 19.8. The number of nitrogens with zero attached hydrogens (tertiary/aromatic N) is 3. The lowest BCUT2D eigenvalue weighted by Crippen LogP contribution is -2.49. The van der Waals surface area contributed by atoms with Gasteiger partial charge in [-0.25, -0.2) is 4.39 Å². The molecule has 2 amide bonds. The molecule has 1 atom stereocenters. The van der Waals surface area contributed by atoms with E-state index in [0.717, 1.165) is 11.1 Å². The van der Waals surface area contributed by atoms with Gasteiger partial charge in [-0.2, -0.15) is 0 Å². The predicted molar refractivity (Wildman–Crippen MR) is 133 cm³/mol. The number of benzene rings is 2. The average molecular weight is 473 g/mol. The highest BCUT2D eigenvalue weighted by molar-refractivity contribution is 5.94. The van der Waals surface area contributed by atoms with Crippen LogP contribution in [-0.2, 0) is 4.79 Å². The van der Waals surface area contributed by atoms with Gasteiger partial charge in [0.25, 0.3) is 5.91 Å². The van der Waals surface area contributed by atoms with Gasteiger partial charge in [-0.05, 0) is 41.8 Å². The van der Waals surface area contributed by atoms with E-state index >= 15 is 0 Å². The molecule has 1 aromatic heterocycles. The van der Waals surface area contributed by atoms with Crippen molar-refractivity contribution in [3.8, 4) is 0 Å². The van der Waals surface area contributed by atoms with Crippen molar-refractivity contribution in [2.24, 2.45) is 0 Å². The summed E-state index contributed by atoms with van der Waals surface area (Å²) < 4.78 is 13.9. The smallest absolute Gasteiger partial charge is 0.254 e. The third-order valence-electron chi connectivity index (χ3n) is 6.24. The van der Waals surface area contributed by atoms with Crippen molar-refractivity contribution in [3.05, 3.63) is 113 Å². The second-order valence-corrected chi connectivity index (χ2v) is 8.74. The molecule has 1 unspecified atom stereocenters. The lowest BCUT2D eigenvalue weighted by molar-refractivity contribution is -0.118. The molecule has 0 saturated carbocycles. The summed E-state index contributed by atoms with van der Waals surface area (Å²) >= 11 is 0. The molecule has 3 aromatic rings. The van der Waals surface area contributed by atoms with Crippen molar-refractivity contribution in [2.75, 3.05) is 32.7 Å². The number of nitrogens with one attached hydrogen (secondary N) is 1. The summed E-state index contributed by atoms with van der Waals surface area (Å²) in [5.41, 5.74) is 3.17. The number of rotatable bonds is 7. The van der Waals surface area contributed by atoms with E-state index in [-0.39, 0.29) is 23.7 Å². The van der Waals surface area contributed by atoms with Crippen LogP contribution in [0.5, 0.6) is 0 Å². The number of aromatic nitrogens is 1. The van der Waals surface area contributed by atoms with Gasteiger partial charge in [-0.1, -0.05) is 49.0 Å². The Morgan fingerprint density at radius 3 is 2.40 bits per heavy atom. The van der Waals surface area contributed by atoms with E-state index in [2.05, 4.69) is 21.8 Å². The van der Waals surface area contributed by atoms with Crippen LogP contribution in [0.25, 0.3) is 0 Å². The van der Waals surface area contributed by atoms with Gasteiger partial charge in [0.05, 0.1) is 6.04 Å². The van der Waals surface area contributed by atoms with Crippen molar-refractivity contribution in [2.45, 2.75) is 13.0 Å². The number of carbonyl (C=O) groups excluding carboxylic acids is 2. The number of hydrogen-bond acceptors (Lipinski definition) is 4. The van der Waals surface area contributed by atoms with E-state index in [0.29, 0.717) is 49.4 Å². The molecule has 35 heavy (non-hydrogen) atoms. The van der Waals surface area contributed by atoms with Gasteiger partial charge in [-0.15, -0.1) is 0 Å². The number of pyridine rings is 1. The molecule has 2 heterocycles. The summed E-state index contributed by atoms with van der Waals surface area (Å²) in [5.74, 6) is -0.782. The lowest BCUT2D eigenvalue weighted by Gasteiger charge is -2.35. The average Bonchev–Trinajstić information content (AvgIpc) is 2.89. The molecule has 2 aromatic carbocycles. The molecule has 1 fully saturated rings. The molecule has 1 N–H and O–H groups in total. The Balaban J connectivity index is 1.33. The van der Waals surface area contributed by atoms with Gasteiger partial charge in [0, 0.05) is 56.3 Å². The minimum atomic E-state index is -0.378. The Labute approximate surface area is 205 Å². The van der Waals surface area contributed by atoms with Gasteiger partial charge in [-0.3, -0.25) is 19.5 Å². The van der Waals surface area contributed by atoms with Crippen LogP contribution in [0.15, 0.2) is 85.2 Å². The van der Waals surface area contributed by atoms with Gasteiger partial charge >= 0.3 is 0 Å². The molecule has 1 saturated heterocycles. The Bertz CT molecular complexity index is 1150. The highest BCUT2D eigenvalue weighted by Gasteiger charge is 2.25. The SMILES string of the molecule is C=C(CN1CCN(C(=O)c2ccc(C)c(F)c2)CC1)C(=O)NC(c1ccccc1)c1cccnc1. The van der Waals surface area contributed by atoms with Gasteiger partial charge < -0.3 is 10.2 Å². The van der Waals surface area contributed by atoms with Crippen LogP contribution in [0.3, 0.4) is 0 Å². The van der Waals surface area contributed by atoms with Crippen molar-refractivity contribution in [1.29, 1.82) is 0 Å². The first-order valence-corrected chi connectivity index (χ1v) is 11.6. The van der Waals surface area contributed by atoms with E-state index in [1.54, 1.807) is 36.4 Å². The fourth-order valence-corrected chi connectivity index (χ4v) is 4.14. The van der Waals surface area contributed by atoms with Crippen LogP contribution in [-0.4, -0.2) is 59.3 Å². The number of aryl methyl sites for hydroxylation is 1. The number of amides is 2. The van der Waals surface area contributed by atoms with Gasteiger partial charge in [0.15, 0.2) is 0 Å². The number of carbonyl (C=O) groups is 2. The highest BCUT2D eigenvalue weighted by atomic mass is 19.1. The van der Waals surface area contributed by atoms with Crippen molar-refractivity contribution >= 4 is 11.8 Å². The molecule has 0 bridgehead atoms. The fraction of sp³-hybridized carbons (Fsp3) is 0.250. The zero-order chi connectivity index (χ0) is 24.8. The Morgan fingerprint density at radius 1 is 1.03 bits per heavy atom. The molecule has 0 spiro atoms. The van der Waals surface area contributed by atoms with E-state index in [1.165, 1.54) is 6.07 Å². The molecular formula is C28H29FN4O2. The lowest BCUT2D eigenvalue weighted by atomic mass is 10.00. The van der Waals surface area contributed by atoms with Crippen LogP contribution < -0.4 is 5.32 Å². The van der Waals surface area contributed by atoms with Crippen LogP contribution in [0.2, 0.25) is 0 Å². The van der Waals surface area contributed by atoms with E-state index in [9.17, 15) is 14.0 Å². The second-order valence-electron chi connectivity index (χ2n) is 8.74. The number of halogens is 1. The standard InChI is InChI=1S/C28H29FN4O2/c1-20-10-11-23(17-25(20)29)28(35)33-15-13-32(14-16-33)19-21(2)27(34)31-26(22-7-4-3-5-8-22)24-9-6-12-30-18-24/h3-12,17-18,26H,2,13-16,19H2,1H3,(H,31,34). The molecule has 1 aliphatic rings. The van der Waals surface area contributed by atoms with Gasteiger partial charge in [0.1, 0.15) is 5.82 Å². The largest absolute Gasteiger partial charge is 0.341 e. The Morgan fingerprint density at radius 2 is 1.74 bits per heavy atom. The maximum absolute atomic E-state index is 13.9. The van der Waals surface area contributed by atoms with E-state index in [1.807, 2.05) is 42.5 Å². The van der Waals surface area contributed by atoms with Crippen molar-refractivity contribution < 1.29 is 14.0 Å². The molecular weight excluding hydrogens is 443 g/mol. The first-order valence-electron chi connectivity index (χ1n) is 11.6. The molecule has 1 aliphatic heterocycles. The number of piperazine rings is 1. The first kappa shape index (κ1) is 24.3. The summed E-state index contributed by atoms with van der Waals surface area (Å²) in [6.45, 7) is 8.32. The maximum Gasteiger partial charge on any atom is 0.254 e. The second kappa shape index (κ2) is 11.1. The summed E-state index contributed by atoms with van der Waals surface area (Å²) in [7, 11) is 0. The van der Waals surface area contributed by atoms with Gasteiger partial charge in [0.2, 0.25) is 5.91 Å². The van der Waals surface area contributed by atoms with E-state index < -0.39 is 0 Å². The van der Waals surface area contributed by atoms with Crippen LogP contribution in [0.4, 0.5) is 4.39 Å². The summed E-state index contributed by atoms with van der Waals surface area (Å²) in [5, 5.41) is 3.09. The summed E-state index contributed by atoms with van der Waals surface area (Å²) in [4.78, 5) is 33.8. The topological polar surface area (TPSA) is 65.5 Å². The Kier molecular flexibility index (Phi) is 7.67. The van der Waals surface area contributed by atoms with Crippen molar-refractivity contribution in [3.63, 3.8) is 0 Å². The molecule has 0 radical (unpaired) electrons. The van der Waals surface area contributed by atoms with Crippen LogP contribution in [0.1, 0.15) is 33.1 Å². The Hall–Kier alpha value is -3.84. The third-order valence-corrected chi connectivity index (χ3v) is 6.24. The number of hydrogen-bond donors (Lipinski definition) is 1. The first-order chi connectivity index (χ1) is 16.9. The third kappa shape index (κ3) is 6.00. The fourth-order valence-electron chi connectivity index (χ4n) is 4.14. The molecule has 4 rings (SSSR count). The maximum atomic E-state index is 13.9. The molecule has 0 aliphatic carbocycles. The molecule has 6 nitrogen and oxygen atoms in total.